The van der Waals surface area contributed by atoms with Gasteiger partial charge in [-0.3, -0.25) is 0 Å². The molecule has 0 spiro atoms. The molecule has 0 aliphatic heterocycles. The third-order valence-corrected chi connectivity index (χ3v) is 5.55. The Morgan fingerprint density at radius 3 is 1.71 bits per heavy atom. The first-order valence-corrected chi connectivity index (χ1v) is 14.1. The van der Waals surface area contributed by atoms with Crippen LogP contribution in [0.5, 0.6) is 0 Å². The van der Waals surface area contributed by atoms with Crippen LogP contribution < -0.4 is 0 Å². The molecule has 0 atom stereocenters. The largest absolute Gasteiger partial charge is 0.129 e. The van der Waals surface area contributed by atoms with E-state index in [4.69, 9.17) is 0 Å². The molecule has 0 bridgehead atoms. The third-order valence-electron chi connectivity index (χ3n) is 5.55. The van der Waals surface area contributed by atoms with Crippen molar-refractivity contribution in [2.75, 3.05) is 0 Å². The molecule has 1 rings (SSSR count). The van der Waals surface area contributed by atoms with Crippen LogP contribution in [0, 0.1) is 0 Å². The van der Waals surface area contributed by atoms with E-state index in [2.05, 4.69) is 103 Å². The van der Waals surface area contributed by atoms with Crippen LogP contribution in [0.2, 0.25) is 0 Å². The molecule has 1 aromatic carbocycles. The van der Waals surface area contributed by atoms with Gasteiger partial charge in [0.2, 0.25) is 0 Å². The molecule has 0 saturated heterocycles. The van der Waals surface area contributed by atoms with Crippen molar-refractivity contribution >= 4 is 0 Å². The highest BCUT2D eigenvalue weighted by atomic mass is 14.3. The average Bonchev–Trinajstić information content (AvgIpc) is 2.91. The topological polar surface area (TPSA) is 0 Å². The Balaban J connectivity index is -0.000000537. The van der Waals surface area contributed by atoms with Gasteiger partial charge in [-0.1, -0.05) is 152 Å². The lowest BCUT2D eigenvalue weighted by Gasteiger charge is -2.34. The van der Waals surface area contributed by atoms with E-state index in [9.17, 15) is 0 Å². The van der Waals surface area contributed by atoms with Crippen molar-refractivity contribution in [2.45, 2.75) is 99.8 Å². The summed E-state index contributed by atoms with van der Waals surface area (Å²) in [5.41, 5.74) is 10.3. The summed E-state index contributed by atoms with van der Waals surface area (Å²) in [6.45, 7) is 37.5. The highest BCUT2D eigenvalue weighted by molar-refractivity contribution is 5.41. The van der Waals surface area contributed by atoms with Gasteiger partial charge in [-0.25, -0.2) is 0 Å². The Morgan fingerprint density at radius 2 is 1.34 bits per heavy atom. The summed E-state index contributed by atoms with van der Waals surface area (Å²) < 4.78 is 0. The van der Waals surface area contributed by atoms with Crippen molar-refractivity contribution in [3.63, 3.8) is 0 Å². The van der Waals surface area contributed by atoms with Gasteiger partial charge in [0.15, 0.2) is 0 Å². The fourth-order valence-corrected chi connectivity index (χ4v) is 3.73. The molecule has 0 aliphatic carbocycles. The number of benzene rings is 1. The number of hydrogen-bond donors (Lipinski definition) is 0. The quantitative estimate of drug-likeness (QED) is 0.148. The van der Waals surface area contributed by atoms with Gasteiger partial charge in [0.05, 0.1) is 0 Å². The predicted molar refractivity (Wildman–Crippen MR) is 179 cm³/mol. The zero-order valence-electron chi connectivity index (χ0n) is 26.4. The number of allylic oxidation sites excluding steroid dienone is 11. The molecule has 0 saturated carbocycles. The second-order valence-corrected chi connectivity index (χ2v) is 9.30. The van der Waals surface area contributed by atoms with Gasteiger partial charge in [-0.2, -0.15) is 0 Å². The summed E-state index contributed by atoms with van der Waals surface area (Å²) in [6, 6.07) is 10.8. The molecule has 38 heavy (non-hydrogen) atoms. The minimum absolute atomic E-state index is 0.145. The van der Waals surface area contributed by atoms with Crippen LogP contribution in [0.4, 0.5) is 0 Å². The predicted octanol–water partition coefficient (Wildman–Crippen LogP) is 12.6. The van der Waals surface area contributed by atoms with Crippen molar-refractivity contribution < 1.29 is 0 Å². The molecule has 0 radical (unpaired) electrons. The highest BCUT2D eigenvalue weighted by Gasteiger charge is 2.32. The van der Waals surface area contributed by atoms with E-state index in [-0.39, 0.29) is 5.41 Å². The fourth-order valence-electron chi connectivity index (χ4n) is 3.73. The number of rotatable bonds is 12. The molecule has 0 N–H and O–H groups in total. The SMILES string of the molecule is C=C(C)C.C=C=C(C)C(CCC)(CCC)c1ccccc1.C=C\C=C/C(/C=C/C(=C)C(=C)C)=C\CC.CC. The van der Waals surface area contributed by atoms with E-state index >= 15 is 0 Å². The first-order chi connectivity index (χ1) is 18.1. The van der Waals surface area contributed by atoms with E-state index in [1.165, 1.54) is 48.0 Å². The van der Waals surface area contributed by atoms with Gasteiger partial charge >= 0.3 is 0 Å². The molecule has 210 valence electrons. The molecule has 1 aromatic rings. The van der Waals surface area contributed by atoms with Gasteiger partial charge in [0.1, 0.15) is 0 Å². The normalized spacial score (nSPS) is 10.6. The van der Waals surface area contributed by atoms with Crippen molar-refractivity contribution in [3.05, 3.63) is 139 Å². The zero-order chi connectivity index (χ0) is 30.0. The van der Waals surface area contributed by atoms with Crippen LogP contribution in [0.3, 0.4) is 0 Å². The van der Waals surface area contributed by atoms with E-state index in [1.54, 1.807) is 6.08 Å². The van der Waals surface area contributed by atoms with Crippen molar-refractivity contribution in [3.8, 4) is 0 Å². The maximum Gasteiger partial charge on any atom is 0.0234 e. The maximum atomic E-state index is 3.91. The Morgan fingerprint density at radius 1 is 0.842 bits per heavy atom. The van der Waals surface area contributed by atoms with Gasteiger partial charge in [0.25, 0.3) is 0 Å². The lowest BCUT2D eigenvalue weighted by atomic mass is 9.69. The maximum absolute atomic E-state index is 3.91. The summed E-state index contributed by atoms with van der Waals surface area (Å²) in [4.78, 5) is 0. The fraction of sp³-hybridized carbons (Fsp3) is 0.395. The molecular formula is C38H58. The Hall–Kier alpha value is -3.08. The molecule has 0 heterocycles. The first-order valence-electron chi connectivity index (χ1n) is 14.1. The third kappa shape index (κ3) is 18.2. The van der Waals surface area contributed by atoms with Crippen LogP contribution in [-0.4, -0.2) is 0 Å². The van der Waals surface area contributed by atoms with Crippen LogP contribution in [0.15, 0.2) is 133 Å². The van der Waals surface area contributed by atoms with Crippen molar-refractivity contribution in [1.82, 2.24) is 0 Å². The summed E-state index contributed by atoms with van der Waals surface area (Å²) >= 11 is 0. The van der Waals surface area contributed by atoms with E-state index in [0.29, 0.717) is 0 Å². The van der Waals surface area contributed by atoms with Gasteiger partial charge in [-0.15, -0.1) is 12.3 Å². The van der Waals surface area contributed by atoms with Gasteiger partial charge in [-0.05, 0) is 69.2 Å². The smallest absolute Gasteiger partial charge is 0.0234 e. The number of hydrogen-bond acceptors (Lipinski definition) is 0. The van der Waals surface area contributed by atoms with Crippen molar-refractivity contribution in [1.29, 1.82) is 0 Å². The van der Waals surface area contributed by atoms with Crippen molar-refractivity contribution in [2.24, 2.45) is 0 Å². The molecule has 0 fully saturated rings. The Labute approximate surface area is 238 Å². The van der Waals surface area contributed by atoms with Gasteiger partial charge in [0, 0.05) is 5.41 Å². The lowest BCUT2D eigenvalue weighted by molar-refractivity contribution is 0.417. The van der Waals surface area contributed by atoms with E-state index < -0.39 is 0 Å². The summed E-state index contributed by atoms with van der Waals surface area (Å²) in [7, 11) is 0. The minimum Gasteiger partial charge on any atom is -0.129 e. The monoisotopic (exact) mass is 514 g/mol. The second kappa shape index (κ2) is 25.6. The Bertz CT molecular complexity index is 927. The van der Waals surface area contributed by atoms with E-state index in [0.717, 1.165) is 17.6 Å². The molecule has 0 nitrogen and oxygen atoms in total. The zero-order valence-corrected chi connectivity index (χ0v) is 26.4. The van der Waals surface area contributed by atoms with E-state index in [1.807, 2.05) is 58.9 Å². The molecule has 0 unspecified atom stereocenters. The minimum atomic E-state index is 0.145. The second-order valence-electron chi connectivity index (χ2n) is 9.30. The lowest BCUT2D eigenvalue weighted by Crippen LogP contribution is -2.27. The molecule has 0 amide bonds. The average molecular weight is 515 g/mol. The summed E-state index contributed by atoms with van der Waals surface area (Å²) in [5.74, 6) is 0. The van der Waals surface area contributed by atoms with Crippen LogP contribution in [-0.2, 0) is 5.41 Å². The van der Waals surface area contributed by atoms with Crippen LogP contribution in [0.25, 0.3) is 0 Å². The van der Waals surface area contributed by atoms with Gasteiger partial charge < -0.3 is 0 Å². The standard InChI is InChI=1S/C17H24.C15H20.C4H8.C2H6/c1-5-13-17(14-6-2,15(4)7-3)16-11-9-8-10-12-16;1-6-8-10-15(9-7-2)12-11-14(5)13(3)4;1-4(2)3;1-2/h8-12H,3,5-6,13-14H2,1-2,4H3;6,8-12H,1,3,5,7H2,2,4H3;1H2,2-3H3;1-2H3/b;10-8-,12-11+,15-9+;;. The highest BCUT2D eigenvalue weighted by Crippen LogP contribution is 2.40. The Kier molecular flexibility index (Phi) is 26.5. The van der Waals surface area contributed by atoms with Crippen LogP contribution >= 0.6 is 0 Å². The molecule has 0 aromatic heterocycles. The van der Waals surface area contributed by atoms with Crippen LogP contribution in [0.1, 0.15) is 100.0 Å². The molecule has 0 aliphatic rings. The first kappa shape index (κ1) is 39.4. The molecule has 0 heteroatoms. The molecular weight excluding hydrogens is 456 g/mol. The summed E-state index contributed by atoms with van der Waals surface area (Å²) in [6.07, 6.45) is 17.7. The summed E-state index contributed by atoms with van der Waals surface area (Å²) in [5, 5.41) is 0.